The Kier molecular flexibility index (Phi) is 4.08. The molecule has 0 radical (unpaired) electrons. The second-order valence-electron chi connectivity index (χ2n) is 4.38. The average molecular weight is 274 g/mol. The molecular formula is C15H18N2O3. The van der Waals surface area contributed by atoms with Gasteiger partial charge in [-0.1, -0.05) is 0 Å². The van der Waals surface area contributed by atoms with Crippen molar-refractivity contribution in [1.82, 2.24) is 9.78 Å². The first kappa shape index (κ1) is 14.1. The van der Waals surface area contributed by atoms with Crippen molar-refractivity contribution >= 4 is 5.78 Å². The van der Waals surface area contributed by atoms with E-state index in [1.165, 1.54) is 7.11 Å². The Hall–Kier alpha value is -2.30. The molecule has 1 aromatic heterocycles. The summed E-state index contributed by atoms with van der Waals surface area (Å²) in [5, 5.41) is 4.30. The molecule has 0 atom stereocenters. The topological polar surface area (TPSA) is 53.4 Å². The summed E-state index contributed by atoms with van der Waals surface area (Å²) in [6.07, 6.45) is 0. The van der Waals surface area contributed by atoms with Gasteiger partial charge in [0.2, 0.25) is 5.78 Å². The fraction of sp³-hybridized carbons (Fsp3) is 0.333. The van der Waals surface area contributed by atoms with Crippen LogP contribution in [0.3, 0.4) is 0 Å². The van der Waals surface area contributed by atoms with E-state index in [1.54, 1.807) is 36.1 Å². The minimum Gasteiger partial charge on any atom is -0.497 e. The molecule has 2 aromatic rings. The summed E-state index contributed by atoms with van der Waals surface area (Å²) < 4.78 is 12.1. The van der Waals surface area contributed by atoms with Crippen LogP contribution in [0, 0.1) is 6.92 Å². The number of methoxy groups -OCH3 is 2. The molecule has 0 spiro atoms. The van der Waals surface area contributed by atoms with Gasteiger partial charge < -0.3 is 9.47 Å². The van der Waals surface area contributed by atoms with E-state index in [-0.39, 0.29) is 5.78 Å². The lowest BCUT2D eigenvalue weighted by atomic mass is 10.1. The molecule has 2 rings (SSSR count). The van der Waals surface area contributed by atoms with Gasteiger partial charge in [-0.15, -0.1) is 0 Å². The Morgan fingerprint density at radius 2 is 2.00 bits per heavy atom. The molecular weight excluding hydrogens is 256 g/mol. The smallest absolute Gasteiger partial charge is 0.214 e. The van der Waals surface area contributed by atoms with Crippen molar-refractivity contribution < 1.29 is 14.3 Å². The third kappa shape index (κ3) is 2.52. The Bertz CT molecular complexity index is 632. The molecule has 0 unspecified atom stereocenters. The highest BCUT2D eigenvalue weighted by Gasteiger charge is 2.19. The lowest BCUT2D eigenvalue weighted by Crippen LogP contribution is -2.11. The largest absolute Gasteiger partial charge is 0.497 e. The first-order chi connectivity index (χ1) is 9.60. The molecule has 5 heteroatoms. The van der Waals surface area contributed by atoms with Crippen LogP contribution in [0.2, 0.25) is 0 Å². The lowest BCUT2D eigenvalue weighted by molar-refractivity contribution is 0.102. The molecule has 0 fully saturated rings. The maximum Gasteiger partial charge on any atom is 0.214 e. The van der Waals surface area contributed by atoms with Gasteiger partial charge in [0.15, 0.2) is 0 Å². The highest BCUT2D eigenvalue weighted by molar-refractivity contribution is 6.09. The molecule has 5 nitrogen and oxygen atoms in total. The Morgan fingerprint density at radius 1 is 1.25 bits per heavy atom. The number of ketones is 1. The number of carbonyl (C=O) groups is 1. The molecule has 1 heterocycles. The predicted molar refractivity (Wildman–Crippen MR) is 75.6 cm³/mol. The van der Waals surface area contributed by atoms with Gasteiger partial charge in [0.05, 0.1) is 25.5 Å². The predicted octanol–water partition coefficient (Wildman–Crippen LogP) is 2.46. The number of hydrogen-bond acceptors (Lipinski definition) is 4. The molecule has 0 aliphatic rings. The number of nitrogens with zero attached hydrogens (tertiary/aromatic N) is 2. The van der Waals surface area contributed by atoms with Gasteiger partial charge in [-0.2, -0.15) is 5.10 Å². The van der Waals surface area contributed by atoms with Crippen LogP contribution >= 0.6 is 0 Å². The van der Waals surface area contributed by atoms with Gasteiger partial charge in [0, 0.05) is 12.6 Å². The van der Waals surface area contributed by atoms with Gasteiger partial charge in [-0.05, 0) is 32.0 Å². The monoisotopic (exact) mass is 274 g/mol. The van der Waals surface area contributed by atoms with Crippen LogP contribution in [0.1, 0.15) is 28.7 Å². The number of hydrogen-bond donors (Lipinski definition) is 0. The van der Waals surface area contributed by atoms with E-state index in [2.05, 4.69) is 5.10 Å². The maximum atomic E-state index is 12.6. The van der Waals surface area contributed by atoms with Gasteiger partial charge >= 0.3 is 0 Å². The van der Waals surface area contributed by atoms with E-state index in [0.29, 0.717) is 29.3 Å². The average Bonchev–Trinajstić information content (AvgIpc) is 2.86. The molecule has 0 N–H and O–H groups in total. The van der Waals surface area contributed by atoms with E-state index in [4.69, 9.17) is 9.47 Å². The van der Waals surface area contributed by atoms with E-state index in [1.807, 2.05) is 13.8 Å². The van der Waals surface area contributed by atoms with Crippen molar-refractivity contribution in [3.05, 3.63) is 41.2 Å². The fourth-order valence-corrected chi connectivity index (χ4v) is 2.09. The van der Waals surface area contributed by atoms with Crippen molar-refractivity contribution in [2.45, 2.75) is 20.4 Å². The minimum atomic E-state index is -0.105. The Balaban J connectivity index is 2.47. The van der Waals surface area contributed by atoms with Gasteiger partial charge in [-0.25, -0.2) is 0 Å². The maximum absolute atomic E-state index is 12.6. The second-order valence-corrected chi connectivity index (χ2v) is 4.38. The molecule has 0 amide bonds. The van der Waals surface area contributed by atoms with E-state index >= 15 is 0 Å². The summed E-state index contributed by atoms with van der Waals surface area (Å²) in [6.45, 7) is 4.47. The van der Waals surface area contributed by atoms with Crippen LogP contribution in [0.4, 0.5) is 0 Å². The van der Waals surface area contributed by atoms with Crippen molar-refractivity contribution in [3.63, 3.8) is 0 Å². The van der Waals surface area contributed by atoms with Crippen LogP contribution in [0.25, 0.3) is 0 Å². The van der Waals surface area contributed by atoms with Gasteiger partial charge in [0.25, 0.3) is 0 Å². The first-order valence-electron chi connectivity index (χ1n) is 6.41. The number of carbonyl (C=O) groups excluding carboxylic acids is 1. The Labute approximate surface area is 118 Å². The zero-order valence-electron chi connectivity index (χ0n) is 12.1. The second kappa shape index (κ2) is 5.77. The highest BCUT2D eigenvalue weighted by Crippen LogP contribution is 2.26. The number of ether oxygens (including phenoxy) is 2. The summed E-state index contributed by atoms with van der Waals surface area (Å²) >= 11 is 0. The third-order valence-electron chi connectivity index (χ3n) is 3.09. The van der Waals surface area contributed by atoms with Crippen molar-refractivity contribution in [2.75, 3.05) is 14.2 Å². The van der Waals surface area contributed by atoms with Crippen LogP contribution in [0.15, 0.2) is 24.3 Å². The molecule has 0 saturated heterocycles. The zero-order chi connectivity index (χ0) is 14.7. The molecule has 1 aromatic carbocycles. The molecule has 106 valence electrons. The van der Waals surface area contributed by atoms with Crippen LogP contribution in [0.5, 0.6) is 11.5 Å². The van der Waals surface area contributed by atoms with E-state index < -0.39 is 0 Å². The summed E-state index contributed by atoms with van der Waals surface area (Å²) in [6, 6.07) is 6.94. The first-order valence-corrected chi connectivity index (χ1v) is 6.41. The zero-order valence-corrected chi connectivity index (χ0v) is 12.1. The highest BCUT2D eigenvalue weighted by atomic mass is 16.5. The minimum absolute atomic E-state index is 0.105. The van der Waals surface area contributed by atoms with Crippen LogP contribution in [-0.4, -0.2) is 29.8 Å². The Morgan fingerprint density at radius 3 is 2.60 bits per heavy atom. The molecule has 20 heavy (non-hydrogen) atoms. The van der Waals surface area contributed by atoms with E-state index in [0.717, 1.165) is 5.69 Å². The normalized spacial score (nSPS) is 10.4. The molecule has 0 saturated carbocycles. The quantitative estimate of drug-likeness (QED) is 0.786. The third-order valence-corrected chi connectivity index (χ3v) is 3.09. The summed E-state index contributed by atoms with van der Waals surface area (Å²) in [5.41, 5.74) is 1.89. The lowest BCUT2D eigenvalue weighted by Gasteiger charge is -2.10. The van der Waals surface area contributed by atoms with Crippen LogP contribution in [-0.2, 0) is 6.54 Å². The summed E-state index contributed by atoms with van der Waals surface area (Å²) in [5.74, 6) is 1.04. The summed E-state index contributed by atoms with van der Waals surface area (Å²) in [4.78, 5) is 12.6. The van der Waals surface area contributed by atoms with E-state index in [9.17, 15) is 4.79 Å². The summed E-state index contributed by atoms with van der Waals surface area (Å²) in [7, 11) is 3.11. The van der Waals surface area contributed by atoms with Crippen molar-refractivity contribution in [2.24, 2.45) is 0 Å². The van der Waals surface area contributed by atoms with Crippen molar-refractivity contribution in [1.29, 1.82) is 0 Å². The number of aryl methyl sites for hydroxylation is 2. The van der Waals surface area contributed by atoms with Crippen LogP contribution < -0.4 is 9.47 Å². The molecule has 0 aliphatic carbocycles. The van der Waals surface area contributed by atoms with Gasteiger partial charge in [-0.3, -0.25) is 9.48 Å². The standard InChI is InChI=1S/C15H18N2O3/c1-5-17-13(8-10(2)16-17)15(18)12-7-6-11(19-3)9-14(12)20-4/h6-9H,5H2,1-4H3. The van der Waals surface area contributed by atoms with Crippen molar-refractivity contribution in [3.8, 4) is 11.5 Å². The molecule has 0 bridgehead atoms. The van der Waals surface area contributed by atoms with Gasteiger partial charge in [0.1, 0.15) is 17.2 Å². The number of rotatable bonds is 5. The fourth-order valence-electron chi connectivity index (χ4n) is 2.09. The molecule has 0 aliphatic heterocycles. The number of aromatic nitrogens is 2. The number of benzene rings is 1. The SMILES string of the molecule is CCn1nc(C)cc1C(=O)c1ccc(OC)cc1OC.